The molecule has 0 radical (unpaired) electrons. The molecule has 0 aromatic carbocycles. The lowest BCUT2D eigenvalue weighted by Gasteiger charge is -2.23. The largest absolute Gasteiger partial charge is 0.0628 e. The van der Waals surface area contributed by atoms with E-state index >= 15 is 0 Å². The van der Waals surface area contributed by atoms with E-state index in [-0.39, 0.29) is 0 Å². The molecule has 0 rings (SSSR count). The van der Waals surface area contributed by atoms with E-state index in [1.165, 1.54) is 25.7 Å². The molecule has 0 aliphatic rings. The summed E-state index contributed by atoms with van der Waals surface area (Å²) in [7, 11) is 0. The van der Waals surface area contributed by atoms with Gasteiger partial charge in [-0.15, -0.1) is 0 Å². The van der Waals surface area contributed by atoms with Gasteiger partial charge in [0.05, 0.1) is 0 Å². The van der Waals surface area contributed by atoms with Crippen LogP contribution in [-0.4, -0.2) is 0 Å². The molecule has 0 saturated heterocycles. The van der Waals surface area contributed by atoms with Gasteiger partial charge in [0.25, 0.3) is 0 Å². The minimum absolute atomic E-state index is 0.843. The van der Waals surface area contributed by atoms with Crippen molar-refractivity contribution < 1.29 is 0 Å². The third-order valence-electron chi connectivity index (χ3n) is 3.64. The molecule has 0 heteroatoms. The number of unbranched alkanes of at least 4 members (excludes halogenated alkanes) is 1. The molecule has 0 heterocycles. The molecule has 86 valence electrons. The van der Waals surface area contributed by atoms with Crippen molar-refractivity contribution in [3.05, 3.63) is 0 Å². The van der Waals surface area contributed by atoms with Gasteiger partial charge < -0.3 is 0 Å². The summed E-state index contributed by atoms with van der Waals surface area (Å²) in [6.45, 7) is 14.1. The molecule has 2 unspecified atom stereocenters. The average molecular weight is 198 g/mol. The maximum absolute atomic E-state index is 2.42. The molecular weight excluding hydrogens is 168 g/mol. The highest BCUT2D eigenvalue weighted by molar-refractivity contribution is 4.65. The van der Waals surface area contributed by atoms with Gasteiger partial charge in [-0.25, -0.2) is 0 Å². The standard InChI is InChI=1S/C14H30/c1-11(2)9-7-8-10-13(5)14(6)12(3)4/h11-14H,7-10H2,1-6H3. The Morgan fingerprint density at radius 1 is 0.714 bits per heavy atom. The van der Waals surface area contributed by atoms with Gasteiger partial charge in [-0.1, -0.05) is 67.2 Å². The van der Waals surface area contributed by atoms with Crippen LogP contribution in [0.5, 0.6) is 0 Å². The zero-order chi connectivity index (χ0) is 11.1. The van der Waals surface area contributed by atoms with Gasteiger partial charge in [0.15, 0.2) is 0 Å². The van der Waals surface area contributed by atoms with E-state index < -0.39 is 0 Å². The average Bonchev–Trinajstić information content (AvgIpc) is 2.10. The van der Waals surface area contributed by atoms with E-state index in [1.54, 1.807) is 0 Å². The molecule has 0 aromatic heterocycles. The summed E-state index contributed by atoms with van der Waals surface area (Å²) in [6, 6.07) is 0. The lowest BCUT2D eigenvalue weighted by atomic mass is 9.83. The Morgan fingerprint density at radius 3 is 1.64 bits per heavy atom. The molecular formula is C14H30. The fourth-order valence-corrected chi connectivity index (χ4v) is 1.94. The van der Waals surface area contributed by atoms with Crippen molar-refractivity contribution in [3.8, 4) is 0 Å². The van der Waals surface area contributed by atoms with E-state index in [2.05, 4.69) is 41.5 Å². The zero-order valence-electron chi connectivity index (χ0n) is 11.1. The van der Waals surface area contributed by atoms with Crippen molar-refractivity contribution >= 4 is 0 Å². The molecule has 0 bridgehead atoms. The summed E-state index contributed by atoms with van der Waals surface area (Å²) in [4.78, 5) is 0. The van der Waals surface area contributed by atoms with Crippen LogP contribution >= 0.6 is 0 Å². The monoisotopic (exact) mass is 198 g/mol. The third kappa shape index (κ3) is 6.45. The van der Waals surface area contributed by atoms with Crippen LogP contribution in [0.1, 0.15) is 67.2 Å². The fourth-order valence-electron chi connectivity index (χ4n) is 1.94. The lowest BCUT2D eigenvalue weighted by molar-refractivity contribution is 0.274. The summed E-state index contributed by atoms with van der Waals surface area (Å²) < 4.78 is 0. The predicted octanol–water partition coefficient (Wildman–Crippen LogP) is 5.13. The molecule has 14 heavy (non-hydrogen) atoms. The molecule has 0 aliphatic heterocycles. The summed E-state index contributed by atoms with van der Waals surface area (Å²) in [5.41, 5.74) is 0. The van der Waals surface area contributed by atoms with Crippen LogP contribution < -0.4 is 0 Å². The second kappa shape index (κ2) is 7.31. The van der Waals surface area contributed by atoms with Crippen molar-refractivity contribution in [1.82, 2.24) is 0 Å². The summed E-state index contributed by atoms with van der Waals surface area (Å²) >= 11 is 0. The molecule has 0 nitrogen and oxygen atoms in total. The Bertz CT molecular complexity index is 124. The highest BCUT2D eigenvalue weighted by Gasteiger charge is 2.14. The maximum Gasteiger partial charge on any atom is -0.0394 e. The first-order valence-corrected chi connectivity index (χ1v) is 6.45. The van der Waals surface area contributed by atoms with Gasteiger partial charge in [0, 0.05) is 0 Å². The van der Waals surface area contributed by atoms with Crippen LogP contribution in [0.2, 0.25) is 0 Å². The molecule has 0 aromatic rings. The SMILES string of the molecule is CC(C)CCCCC(C)C(C)C(C)C. The Labute approximate surface area is 91.5 Å². The van der Waals surface area contributed by atoms with Crippen molar-refractivity contribution in [2.45, 2.75) is 67.2 Å². The first-order valence-electron chi connectivity index (χ1n) is 6.45. The molecule has 0 fully saturated rings. The van der Waals surface area contributed by atoms with Crippen LogP contribution in [0.4, 0.5) is 0 Å². The summed E-state index contributed by atoms with van der Waals surface area (Å²) in [5, 5.41) is 0. The second-order valence-corrected chi connectivity index (χ2v) is 5.76. The van der Waals surface area contributed by atoms with Crippen LogP contribution in [-0.2, 0) is 0 Å². The quantitative estimate of drug-likeness (QED) is 0.497. The Kier molecular flexibility index (Phi) is 7.31. The van der Waals surface area contributed by atoms with Crippen LogP contribution in [0.3, 0.4) is 0 Å². The highest BCUT2D eigenvalue weighted by atomic mass is 14.2. The van der Waals surface area contributed by atoms with Crippen molar-refractivity contribution in [3.63, 3.8) is 0 Å². The van der Waals surface area contributed by atoms with E-state index in [9.17, 15) is 0 Å². The van der Waals surface area contributed by atoms with Gasteiger partial charge in [-0.2, -0.15) is 0 Å². The molecule has 2 atom stereocenters. The summed E-state index contributed by atoms with van der Waals surface area (Å²) in [5.74, 6) is 3.51. The minimum atomic E-state index is 0.843. The lowest BCUT2D eigenvalue weighted by Crippen LogP contribution is -2.14. The van der Waals surface area contributed by atoms with Crippen molar-refractivity contribution in [1.29, 1.82) is 0 Å². The molecule has 0 spiro atoms. The van der Waals surface area contributed by atoms with E-state index in [0.29, 0.717) is 0 Å². The Morgan fingerprint density at radius 2 is 1.21 bits per heavy atom. The van der Waals surface area contributed by atoms with Crippen molar-refractivity contribution in [2.24, 2.45) is 23.7 Å². The minimum Gasteiger partial charge on any atom is -0.0628 e. The maximum atomic E-state index is 2.42. The number of hydrogen-bond donors (Lipinski definition) is 0. The van der Waals surface area contributed by atoms with Gasteiger partial charge in [0.2, 0.25) is 0 Å². The van der Waals surface area contributed by atoms with Gasteiger partial charge in [0.1, 0.15) is 0 Å². The first kappa shape index (κ1) is 14.0. The van der Waals surface area contributed by atoms with Gasteiger partial charge in [-0.3, -0.25) is 0 Å². The van der Waals surface area contributed by atoms with Crippen LogP contribution in [0.25, 0.3) is 0 Å². The smallest absolute Gasteiger partial charge is 0.0394 e. The van der Waals surface area contributed by atoms with E-state index in [4.69, 9.17) is 0 Å². The van der Waals surface area contributed by atoms with E-state index in [0.717, 1.165) is 23.7 Å². The fraction of sp³-hybridized carbons (Fsp3) is 1.00. The summed E-state index contributed by atoms with van der Waals surface area (Å²) in [6.07, 6.45) is 5.68. The number of hydrogen-bond acceptors (Lipinski definition) is 0. The van der Waals surface area contributed by atoms with Crippen LogP contribution in [0, 0.1) is 23.7 Å². The normalized spacial score (nSPS) is 16.3. The van der Waals surface area contributed by atoms with Crippen LogP contribution in [0.15, 0.2) is 0 Å². The molecule has 0 amide bonds. The zero-order valence-corrected chi connectivity index (χ0v) is 11.1. The molecule has 0 saturated carbocycles. The Hall–Kier alpha value is 0. The predicted molar refractivity (Wildman–Crippen MR) is 66.5 cm³/mol. The third-order valence-corrected chi connectivity index (χ3v) is 3.64. The second-order valence-electron chi connectivity index (χ2n) is 5.76. The molecule has 0 aliphatic carbocycles. The van der Waals surface area contributed by atoms with Crippen molar-refractivity contribution in [2.75, 3.05) is 0 Å². The Balaban J connectivity index is 3.48. The topological polar surface area (TPSA) is 0 Å². The van der Waals surface area contributed by atoms with E-state index in [1.807, 2.05) is 0 Å². The number of rotatable bonds is 7. The highest BCUT2D eigenvalue weighted by Crippen LogP contribution is 2.25. The first-order chi connectivity index (χ1) is 6.45. The van der Waals surface area contributed by atoms with Gasteiger partial charge >= 0.3 is 0 Å². The molecule has 0 N–H and O–H groups in total. The van der Waals surface area contributed by atoms with Gasteiger partial charge in [-0.05, 0) is 23.7 Å².